The standard InChI is InChI=1S/C18H16N2O3/c1-22-13-8-6-12(7-9-13)20-17-14(4-2-10-19-17)16-15(18(20)21)5-3-11-23-16/h2,4,6-10H,3,5,11H2,1H3. The van der Waals surface area contributed by atoms with E-state index in [2.05, 4.69) is 4.98 Å². The number of hydrogen-bond acceptors (Lipinski definition) is 4. The lowest BCUT2D eigenvalue weighted by molar-refractivity contribution is 0.290. The van der Waals surface area contributed by atoms with E-state index in [0.29, 0.717) is 18.0 Å². The molecular formula is C18H16N2O3. The quantitative estimate of drug-likeness (QED) is 0.730. The molecule has 0 unspecified atom stereocenters. The van der Waals surface area contributed by atoms with E-state index in [4.69, 9.17) is 9.47 Å². The van der Waals surface area contributed by atoms with Gasteiger partial charge in [0.15, 0.2) is 5.65 Å². The first kappa shape index (κ1) is 13.8. The number of fused-ring (bicyclic) bond motifs is 3. The number of benzene rings is 1. The van der Waals surface area contributed by atoms with Gasteiger partial charge < -0.3 is 9.47 Å². The zero-order valence-corrected chi connectivity index (χ0v) is 12.8. The lowest BCUT2D eigenvalue weighted by Gasteiger charge is -2.21. The topological polar surface area (TPSA) is 53.4 Å². The zero-order valence-electron chi connectivity index (χ0n) is 12.8. The Kier molecular flexibility index (Phi) is 3.26. The fourth-order valence-electron chi connectivity index (χ4n) is 3.02. The fraction of sp³-hybridized carbons (Fsp3) is 0.222. The summed E-state index contributed by atoms with van der Waals surface area (Å²) in [5.41, 5.74) is 2.06. The first-order chi connectivity index (χ1) is 11.3. The second-order valence-electron chi connectivity index (χ2n) is 5.47. The van der Waals surface area contributed by atoms with Gasteiger partial charge in [-0.1, -0.05) is 0 Å². The van der Waals surface area contributed by atoms with Crippen molar-refractivity contribution in [3.63, 3.8) is 0 Å². The average Bonchev–Trinajstić information content (AvgIpc) is 2.63. The Morgan fingerprint density at radius 3 is 2.83 bits per heavy atom. The third kappa shape index (κ3) is 2.16. The molecule has 5 nitrogen and oxygen atoms in total. The monoisotopic (exact) mass is 308 g/mol. The Hall–Kier alpha value is -2.82. The molecule has 0 amide bonds. The summed E-state index contributed by atoms with van der Waals surface area (Å²) in [6, 6.07) is 11.2. The van der Waals surface area contributed by atoms with Crippen molar-refractivity contribution in [3.8, 4) is 17.2 Å². The lowest BCUT2D eigenvalue weighted by atomic mass is 10.1. The molecule has 0 atom stereocenters. The summed E-state index contributed by atoms with van der Waals surface area (Å²) in [7, 11) is 1.62. The van der Waals surface area contributed by atoms with Crippen molar-refractivity contribution in [1.82, 2.24) is 9.55 Å². The third-order valence-electron chi connectivity index (χ3n) is 4.13. The highest BCUT2D eigenvalue weighted by atomic mass is 16.5. The summed E-state index contributed by atoms with van der Waals surface area (Å²) in [5.74, 6) is 1.44. The first-order valence-electron chi connectivity index (χ1n) is 7.59. The Morgan fingerprint density at radius 1 is 1.22 bits per heavy atom. The molecule has 0 spiro atoms. The van der Waals surface area contributed by atoms with Gasteiger partial charge in [-0.2, -0.15) is 0 Å². The average molecular weight is 308 g/mol. The SMILES string of the molecule is COc1ccc(-n2c(=O)c3c(c4cccnc42)OCCC3)cc1. The van der Waals surface area contributed by atoms with E-state index in [9.17, 15) is 4.79 Å². The van der Waals surface area contributed by atoms with Gasteiger partial charge in [-0.25, -0.2) is 4.98 Å². The maximum absolute atomic E-state index is 13.0. The molecule has 0 bridgehead atoms. The molecule has 0 radical (unpaired) electrons. The number of methoxy groups -OCH3 is 1. The second kappa shape index (κ2) is 5.43. The van der Waals surface area contributed by atoms with Crippen LogP contribution in [0, 0.1) is 0 Å². The summed E-state index contributed by atoms with van der Waals surface area (Å²) in [6.07, 6.45) is 3.28. The number of ether oxygens (including phenoxy) is 2. The molecule has 3 aromatic rings. The minimum absolute atomic E-state index is 0.0592. The van der Waals surface area contributed by atoms with Crippen LogP contribution < -0.4 is 15.0 Å². The number of rotatable bonds is 2. The zero-order chi connectivity index (χ0) is 15.8. The molecule has 0 saturated heterocycles. The molecule has 1 aliphatic heterocycles. The summed E-state index contributed by atoms with van der Waals surface area (Å²) in [5, 5.41) is 0.873. The Labute approximate surface area is 133 Å². The van der Waals surface area contributed by atoms with Gasteiger partial charge in [0, 0.05) is 6.20 Å². The van der Waals surface area contributed by atoms with E-state index in [-0.39, 0.29) is 5.56 Å². The van der Waals surface area contributed by atoms with E-state index < -0.39 is 0 Å². The lowest BCUT2D eigenvalue weighted by Crippen LogP contribution is -2.27. The molecule has 116 valence electrons. The van der Waals surface area contributed by atoms with Crippen molar-refractivity contribution >= 4 is 11.0 Å². The molecule has 0 fully saturated rings. The number of aromatic nitrogens is 2. The van der Waals surface area contributed by atoms with E-state index >= 15 is 0 Å². The van der Waals surface area contributed by atoms with Crippen LogP contribution in [0.4, 0.5) is 0 Å². The first-order valence-corrected chi connectivity index (χ1v) is 7.59. The van der Waals surface area contributed by atoms with Gasteiger partial charge in [-0.3, -0.25) is 9.36 Å². The van der Waals surface area contributed by atoms with Crippen molar-refractivity contribution in [3.05, 3.63) is 58.5 Å². The van der Waals surface area contributed by atoms with Crippen molar-refractivity contribution < 1.29 is 9.47 Å². The predicted molar refractivity (Wildman–Crippen MR) is 87.7 cm³/mol. The summed E-state index contributed by atoms with van der Waals surface area (Å²) in [6.45, 7) is 0.642. The molecular weight excluding hydrogens is 292 g/mol. The summed E-state index contributed by atoms with van der Waals surface area (Å²) in [4.78, 5) is 17.4. The van der Waals surface area contributed by atoms with Crippen LogP contribution in [0.15, 0.2) is 47.4 Å². The van der Waals surface area contributed by atoms with Gasteiger partial charge in [0.2, 0.25) is 0 Å². The van der Waals surface area contributed by atoms with E-state index in [1.165, 1.54) is 0 Å². The van der Waals surface area contributed by atoms with Crippen molar-refractivity contribution in [2.45, 2.75) is 12.8 Å². The molecule has 5 heteroatoms. The third-order valence-corrected chi connectivity index (χ3v) is 4.13. The number of nitrogens with zero attached hydrogens (tertiary/aromatic N) is 2. The van der Waals surface area contributed by atoms with Crippen LogP contribution in [0.5, 0.6) is 11.5 Å². The smallest absolute Gasteiger partial charge is 0.263 e. The van der Waals surface area contributed by atoms with Gasteiger partial charge in [-0.05, 0) is 49.2 Å². The maximum Gasteiger partial charge on any atom is 0.263 e. The summed E-state index contributed by atoms with van der Waals surface area (Å²) >= 11 is 0. The molecule has 1 aromatic carbocycles. The van der Waals surface area contributed by atoms with E-state index in [1.54, 1.807) is 17.9 Å². The van der Waals surface area contributed by atoms with Gasteiger partial charge in [0.05, 0.1) is 30.4 Å². The molecule has 4 rings (SSSR count). The van der Waals surface area contributed by atoms with Crippen LogP contribution in [0.1, 0.15) is 12.0 Å². The van der Waals surface area contributed by atoms with Gasteiger partial charge in [0.1, 0.15) is 11.5 Å². The highest BCUT2D eigenvalue weighted by Gasteiger charge is 2.22. The maximum atomic E-state index is 13.0. The van der Waals surface area contributed by atoms with E-state index in [1.807, 2.05) is 36.4 Å². The highest BCUT2D eigenvalue weighted by molar-refractivity contribution is 5.85. The molecule has 23 heavy (non-hydrogen) atoms. The molecule has 1 aliphatic rings. The molecule has 3 heterocycles. The van der Waals surface area contributed by atoms with Crippen LogP contribution in [-0.4, -0.2) is 23.3 Å². The highest BCUT2D eigenvalue weighted by Crippen LogP contribution is 2.31. The number of hydrogen-bond donors (Lipinski definition) is 0. The van der Waals surface area contributed by atoms with Crippen LogP contribution >= 0.6 is 0 Å². The van der Waals surface area contributed by atoms with Crippen molar-refractivity contribution in [2.24, 2.45) is 0 Å². The minimum atomic E-state index is -0.0592. The predicted octanol–water partition coefficient (Wildman–Crippen LogP) is 2.72. The Bertz CT molecular complexity index is 929. The minimum Gasteiger partial charge on any atom is -0.497 e. The molecule has 2 aromatic heterocycles. The van der Waals surface area contributed by atoms with Crippen LogP contribution in [0.3, 0.4) is 0 Å². The van der Waals surface area contributed by atoms with Crippen molar-refractivity contribution in [1.29, 1.82) is 0 Å². The second-order valence-corrected chi connectivity index (χ2v) is 5.47. The fourth-order valence-corrected chi connectivity index (χ4v) is 3.02. The Balaban J connectivity index is 2.05. The molecule has 0 aliphatic carbocycles. The van der Waals surface area contributed by atoms with Gasteiger partial charge >= 0.3 is 0 Å². The van der Waals surface area contributed by atoms with Gasteiger partial charge in [-0.15, -0.1) is 0 Å². The normalized spacial score (nSPS) is 13.4. The van der Waals surface area contributed by atoms with Gasteiger partial charge in [0.25, 0.3) is 5.56 Å². The van der Waals surface area contributed by atoms with Crippen LogP contribution in [0.2, 0.25) is 0 Å². The van der Waals surface area contributed by atoms with Crippen LogP contribution in [0.25, 0.3) is 16.7 Å². The number of pyridine rings is 2. The molecule has 0 N–H and O–H groups in total. The summed E-state index contributed by atoms with van der Waals surface area (Å²) < 4.78 is 12.6. The van der Waals surface area contributed by atoms with E-state index in [0.717, 1.165) is 35.2 Å². The molecule has 0 saturated carbocycles. The van der Waals surface area contributed by atoms with Crippen LogP contribution in [-0.2, 0) is 6.42 Å². The Morgan fingerprint density at radius 2 is 2.04 bits per heavy atom. The largest absolute Gasteiger partial charge is 0.497 e. The van der Waals surface area contributed by atoms with Crippen molar-refractivity contribution in [2.75, 3.05) is 13.7 Å².